The van der Waals surface area contributed by atoms with Gasteiger partial charge in [0.2, 0.25) is 15.9 Å². The van der Waals surface area contributed by atoms with E-state index < -0.39 is 25.9 Å². The second kappa shape index (κ2) is 7.61. The van der Waals surface area contributed by atoms with E-state index in [1.807, 2.05) is 0 Å². The van der Waals surface area contributed by atoms with Crippen LogP contribution in [-0.2, 0) is 24.7 Å². The lowest BCUT2D eigenvalue weighted by molar-refractivity contribution is -0.121. The molecule has 1 unspecified atom stereocenters. The van der Waals surface area contributed by atoms with Crippen molar-refractivity contribution < 1.29 is 26.4 Å². The van der Waals surface area contributed by atoms with Crippen LogP contribution >= 0.6 is 0 Å². The molecule has 1 aromatic rings. The second-order valence-electron chi connectivity index (χ2n) is 5.95. The Hall–Kier alpha value is -1.81. The van der Waals surface area contributed by atoms with E-state index in [1.165, 1.54) is 7.11 Å². The van der Waals surface area contributed by atoms with Gasteiger partial charge in [0.1, 0.15) is 5.75 Å². The van der Waals surface area contributed by atoms with Crippen LogP contribution in [0.1, 0.15) is 12.8 Å². The van der Waals surface area contributed by atoms with Crippen molar-refractivity contribution in [2.24, 2.45) is 0 Å². The van der Waals surface area contributed by atoms with Gasteiger partial charge in [-0.05, 0) is 30.7 Å². The van der Waals surface area contributed by atoms with Gasteiger partial charge in [0, 0.05) is 19.0 Å². The fourth-order valence-electron chi connectivity index (χ4n) is 2.65. The highest BCUT2D eigenvalue weighted by Gasteiger charge is 2.29. The van der Waals surface area contributed by atoms with E-state index in [0.29, 0.717) is 17.9 Å². The van der Waals surface area contributed by atoms with E-state index in [1.54, 1.807) is 24.3 Å². The zero-order valence-electron chi connectivity index (χ0n) is 14.1. The maximum Gasteiger partial charge on any atom is 0.232 e. The molecule has 0 saturated carbocycles. The van der Waals surface area contributed by atoms with E-state index in [0.717, 1.165) is 10.6 Å². The molecule has 25 heavy (non-hydrogen) atoms. The maximum atomic E-state index is 12.0. The van der Waals surface area contributed by atoms with Crippen LogP contribution in [-0.4, -0.2) is 60.2 Å². The van der Waals surface area contributed by atoms with Gasteiger partial charge in [0.15, 0.2) is 9.84 Å². The first-order valence-electron chi connectivity index (χ1n) is 7.72. The molecular weight excluding hydrogens is 368 g/mol. The largest absolute Gasteiger partial charge is 0.497 e. The minimum Gasteiger partial charge on any atom is -0.497 e. The number of anilines is 1. The molecule has 2 rings (SSSR count). The van der Waals surface area contributed by atoms with E-state index in [4.69, 9.17) is 4.74 Å². The van der Waals surface area contributed by atoms with Crippen LogP contribution < -0.4 is 14.4 Å². The molecule has 1 heterocycles. The van der Waals surface area contributed by atoms with Gasteiger partial charge in [-0.25, -0.2) is 16.8 Å². The Bertz CT molecular complexity index is 818. The van der Waals surface area contributed by atoms with Crippen LogP contribution in [0, 0.1) is 0 Å². The van der Waals surface area contributed by atoms with Gasteiger partial charge in [0.05, 0.1) is 30.6 Å². The van der Waals surface area contributed by atoms with Crippen LogP contribution in [0.5, 0.6) is 5.75 Å². The number of sulfonamides is 1. The molecule has 1 aliphatic heterocycles. The van der Waals surface area contributed by atoms with Gasteiger partial charge in [0.25, 0.3) is 0 Å². The summed E-state index contributed by atoms with van der Waals surface area (Å²) in [6.07, 6.45) is 1.40. The lowest BCUT2D eigenvalue weighted by atomic mass is 10.2. The summed E-state index contributed by atoms with van der Waals surface area (Å²) in [5.41, 5.74) is 0.430. The number of carbonyl (C=O) groups is 1. The fourth-order valence-corrected chi connectivity index (χ4v) is 5.25. The van der Waals surface area contributed by atoms with Crippen molar-refractivity contribution in [3.63, 3.8) is 0 Å². The van der Waals surface area contributed by atoms with Gasteiger partial charge in [-0.2, -0.15) is 0 Å². The normalized spacial score (nSPS) is 19.4. The smallest absolute Gasteiger partial charge is 0.232 e. The van der Waals surface area contributed by atoms with Crippen molar-refractivity contribution in [3.8, 4) is 5.75 Å². The molecule has 0 aromatic heterocycles. The van der Waals surface area contributed by atoms with Crippen molar-refractivity contribution in [1.29, 1.82) is 0 Å². The third kappa shape index (κ3) is 5.60. The summed E-state index contributed by atoms with van der Waals surface area (Å²) in [6, 6.07) is 6.07. The average Bonchev–Trinajstić information content (AvgIpc) is 2.85. The number of carbonyl (C=O) groups excluding carboxylic acids is 1. The Morgan fingerprint density at radius 1 is 1.32 bits per heavy atom. The number of ether oxygens (including phenoxy) is 1. The standard InChI is InChI=1S/C15H22N2O6S2/c1-23-14-5-3-13(4-6-14)17(24(2,19)20)9-7-15(18)16-12-8-10-25(21,22)11-12/h3-6,12H,7-11H2,1-2H3,(H,16,18). The molecule has 1 amide bonds. The third-order valence-electron chi connectivity index (χ3n) is 3.90. The number of nitrogens with one attached hydrogen (secondary N) is 1. The molecular formula is C15H22N2O6S2. The first kappa shape index (κ1) is 19.5. The Morgan fingerprint density at radius 3 is 2.44 bits per heavy atom. The van der Waals surface area contributed by atoms with E-state index in [9.17, 15) is 21.6 Å². The predicted octanol–water partition coefficient (Wildman–Crippen LogP) is 0.155. The summed E-state index contributed by atoms with van der Waals surface area (Å²) in [4.78, 5) is 12.0. The summed E-state index contributed by atoms with van der Waals surface area (Å²) in [5.74, 6) is 0.230. The van der Waals surface area contributed by atoms with Gasteiger partial charge < -0.3 is 10.1 Å². The summed E-state index contributed by atoms with van der Waals surface area (Å²) < 4.78 is 53.0. The average molecular weight is 390 g/mol. The molecule has 1 aromatic carbocycles. The Labute approximate surface area is 148 Å². The van der Waals surface area contributed by atoms with Gasteiger partial charge in [-0.15, -0.1) is 0 Å². The Morgan fingerprint density at radius 2 is 1.96 bits per heavy atom. The lowest BCUT2D eigenvalue weighted by Crippen LogP contribution is -2.39. The fraction of sp³-hybridized carbons (Fsp3) is 0.533. The maximum absolute atomic E-state index is 12.0. The van der Waals surface area contributed by atoms with E-state index >= 15 is 0 Å². The molecule has 1 saturated heterocycles. The highest BCUT2D eigenvalue weighted by Crippen LogP contribution is 2.21. The first-order valence-corrected chi connectivity index (χ1v) is 11.4. The number of hydrogen-bond acceptors (Lipinski definition) is 6. The Kier molecular flexibility index (Phi) is 5.94. The SMILES string of the molecule is COc1ccc(N(CCC(=O)NC2CCS(=O)(=O)C2)S(C)(=O)=O)cc1. The topological polar surface area (TPSA) is 110 Å². The third-order valence-corrected chi connectivity index (χ3v) is 6.86. The van der Waals surface area contributed by atoms with E-state index in [2.05, 4.69) is 5.32 Å². The number of amides is 1. The van der Waals surface area contributed by atoms with Crippen LogP contribution in [0.25, 0.3) is 0 Å². The molecule has 0 spiro atoms. The summed E-state index contributed by atoms with van der Waals surface area (Å²) >= 11 is 0. The quantitative estimate of drug-likeness (QED) is 0.710. The molecule has 0 radical (unpaired) electrons. The second-order valence-corrected chi connectivity index (χ2v) is 10.1. The zero-order chi connectivity index (χ0) is 18.7. The highest BCUT2D eigenvalue weighted by molar-refractivity contribution is 7.92. The van der Waals surface area contributed by atoms with Crippen LogP contribution in [0.4, 0.5) is 5.69 Å². The first-order chi connectivity index (χ1) is 11.6. The molecule has 140 valence electrons. The van der Waals surface area contributed by atoms with Crippen molar-refractivity contribution in [2.45, 2.75) is 18.9 Å². The number of sulfone groups is 1. The van der Waals surface area contributed by atoms with Crippen molar-refractivity contribution >= 4 is 31.5 Å². The molecule has 1 aliphatic rings. The summed E-state index contributed by atoms with van der Waals surface area (Å²) in [6.45, 7) is -0.0313. The van der Waals surface area contributed by atoms with Gasteiger partial charge in [-0.1, -0.05) is 0 Å². The Balaban J connectivity index is 1.99. The van der Waals surface area contributed by atoms with E-state index in [-0.39, 0.29) is 30.4 Å². The van der Waals surface area contributed by atoms with Crippen LogP contribution in [0.15, 0.2) is 24.3 Å². The monoisotopic (exact) mass is 390 g/mol. The lowest BCUT2D eigenvalue weighted by Gasteiger charge is -2.22. The van der Waals surface area contributed by atoms with Crippen LogP contribution in [0.3, 0.4) is 0 Å². The molecule has 1 fully saturated rings. The van der Waals surface area contributed by atoms with Crippen LogP contribution in [0.2, 0.25) is 0 Å². The minimum atomic E-state index is -3.56. The summed E-state index contributed by atoms with van der Waals surface area (Å²) in [7, 11) is -5.13. The van der Waals surface area contributed by atoms with Crippen molar-refractivity contribution in [1.82, 2.24) is 5.32 Å². The predicted molar refractivity (Wildman–Crippen MR) is 95.0 cm³/mol. The molecule has 0 aliphatic carbocycles. The molecule has 1 atom stereocenters. The number of benzene rings is 1. The van der Waals surface area contributed by atoms with Crippen molar-refractivity contribution in [2.75, 3.05) is 35.7 Å². The number of rotatable bonds is 7. The number of hydrogen-bond donors (Lipinski definition) is 1. The molecule has 1 N–H and O–H groups in total. The van der Waals surface area contributed by atoms with Crippen molar-refractivity contribution in [3.05, 3.63) is 24.3 Å². The van der Waals surface area contributed by atoms with Gasteiger partial charge >= 0.3 is 0 Å². The number of methoxy groups -OCH3 is 1. The number of nitrogens with zero attached hydrogens (tertiary/aromatic N) is 1. The molecule has 0 bridgehead atoms. The molecule has 8 nitrogen and oxygen atoms in total. The summed E-state index contributed by atoms with van der Waals surface area (Å²) in [5, 5.41) is 2.65. The van der Waals surface area contributed by atoms with Gasteiger partial charge in [-0.3, -0.25) is 9.10 Å². The zero-order valence-corrected chi connectivity index (χ0v) is 15.8. The molecule has 10 heteroatoms. The highest BCUT2D eigenvalue weighted by atomic mass is 32.2. The minimum absolute atomic E-state index is 0.0313.